The van der Waals surface area contributed by atoms with E-state index in [4.69, 9.17) is 0 Å². The Bertz CT molecular complexity index is 941. The third-order valence-electron chi connectivity index (χ3n) is 4.22. The van der Waals surface area contributed by atoms with Gasteiger partial charge >= 0.3 is 5.97 Å². The van der Waals surface area contributed by atoms with Crippen LogP contribution in [0.2, 0.25) is 0 Å². The number of imidazole rings is 1. The number of hydrogen-bond donors (Lipinski definition) is 1. The normalized spacial score (nSPS) is 10.4. The molecule has 0 aliphatic heterocycles. The molecule has 0 fully saturated rings. The Hall–Kier alpha value is -3.41. The van der Waals surface area contributed by atoms with Crippen molar-refractivity contribution >= 4 is 17.6 Å². The van der Waals surface area contributed by atoms with Crippen LogP contribution in [0.25, 0.3) is 5.69 Å². The maximum atomic E-state index is 12.3. The monoisotopic (exact) mass is 349 g/mol. The van der Waals surface area contributed by atoms with Gasteiger partial charge < -0.3 is 14.6 Å². The molecule has 6 nitrogen and oxygen atoms in total. The molecule has 1 amide bonds. The molecule has 26 heavy (non-hydrogen) atoms. The molecule has 0 saturated carbocycles. The summed E-state index contributed by atoms with van der Waals surface area (Å²) < 4.78 is 6.64. The van der Waals surface area contributed by atoms with Crippen LogP contribution in [0.4, 0.5) is 5.69 Å². The van der Waals surface area contributed by atoms with Crippen molar-refractivity contribution in [3.63, 3.8) is 0 Å². The molecule has 1 heterocycles. The van der Waals surface area contributed by atoms with Crippen molar-refractivity contribution in [1.29, 1.82) is 0 Å². The van der Waals surface area contributed by atoms with Crippen LogP contribution < -0.4 is 5.32 Å². The number of ether oxygens (including phenoxy) is 1. The molecule has 0 unspecified atom stereocenters. The van der Waals surface area contributed by atoms with Gasteiger partial charge in [0, 0.05) is 22.6 Å². The standard InChI is InChI=1S/C20H19N3O3/c1-13-14(2)23(12-21-13)18-10-8-17(9-11-18)22-19(24)15-4-6-16(7-5-15)20(25)26-3/h4-12H,1-3H3,(H,22,24). The fraction of sp³-hybridized carbons (Fsp3) is 0.150. The Balaban J connectivity index is 1.71. The summed E-state index contributed by atoms with van der Waals surface area (Å²) in [6, 6.07) is 13.8. The third kappa shape index (κ3) is 3.49. The molecular weight excluding hydrogens is 330 g/mol. The van der Waals surface area contributed by atoms with E-state index < -0.39 is 5.97 Å². The lowest BCUT2D eigenvalue weighted by molar-refractivity contribution is 0.0600. The van der Waals surface area contributed by atoms with E-state index >= 15 is 0 Å². The van der Waals surface area contributed by atoms with Crippen LogP contribution in [0.1, 0.15) is 32.1 Å². The van der Waals surface area contributed by atoms with Crippen molar-refractivity contribution in [2.45, 2.75) is 13.8 Å². The number of benzene rings is 2. The average molecular weight is 349 g/mol. The van der Waals surface area contributed by atoms with Crippen LogP contribution in [0.3, 0.4) is 0 Å². The number of carbonyl (C=O) groups excluding carboxylic acids is 2. The molecule has 0 aliphatic rings. The SMILES string of the molecule is COC(=O)c1ccc(C(=O)Nc2ccc(-n3cnc(C)c3C)cc2)cc1. The van der Waals surface area contributed by atoms with E-state index in [1.54, 1.807) is 30.6 Å². The highest BCUT2D eigenvalue weighted by Crippen LogP contribution is 2.17. The van der Waals surface area contributed by atoms with Crippen molar-refractivity contribution in [3.05, 3.63) is 77.4 Å². The van der Waals surface area contributed by atoms with Crippen LogP contribution >= 0.6 is 0 Å². The minimum Gasteiger partial charge on any atom is -0.465 e. The largest absolute Gasteiger partial charge is 0.465 e. The number of rotatable bonds is 4. The molecule has 1 N–H and O–H groups in total. The number of aromatic nitrogens is 2. The number of anilines is 1. The maximum absolute atomic E-state index is 12.3. The number of hydrogen-bond acceptors (Lipinski definition) is 4. The van der Waals surface area contributed by atoms with Gasteiger partial charge in [-0.2, -0.15) is 0 Å². The molecule has 0 bridgehead atoms. The van der Waals surface area contributed by atoms with E-state index in [-0.39, 0.29) is 5.91 Å². The van der Waals surface area contributed by atoms with E-state index in [0.717, 1.165) is 17.1 Å². The van der Waals surface area contributed by atoms with Crippen LogP contribution in [0.15, 0.2) is 54.9 Å². The summed E-state index contributed by atoms with van der Waals surface area (Å²) in [5, 5.41) is 2.84. The first-order valence-corrected chi connectivity index (χ1v) is 8.10. The number of nitrogens with zero attached hydrogens (tertiary/aromatic N) is 2. The molecular formula is C20H19N3O3. The zero-order valence-electron chi connectivity index (χ0n) is 14.8. The second-order valence-corrected chi connectivity index (χ2v) is 5.86. The molecule has 0 radical (unpaired) electrons. The number of amides is 1. The van der Waals surface area contributed by atoms with Crippen LogP contribution in [-0.4, -0.2) is 28.5 Å². The summed E-state index contributed by atoms with van der Waals surface area (Å²) in [5.74, 6) is -0.679. The van der Waals surface area contributed by atoms with Gasteiger partial charge in [0.15, 0.2) is 0 Å². The summed E-state index contributed by atoms with van der Waals surface area (Å²) in [5.41, 5.74) is 4.58. The minimum absolute atomic E-state index is 0.246. The fourth-order valence-corrected chi connectivity index (χ4v) is 2.54. The first kappa shape index (κ1) is 17.4. The van der Waals surface area contributed by atoms with Crippen LogP contribution in [-0.2, 0) is 4.74 Å². The number of carbonyl (C=O) groups is 2. The molecule has 0 atom stereocenters. The Morgan fingerprint density at radius 3 is 2.12 bits per heavy atom. The quantitative estimate of drug-likeness (QED) is 0.731. The molecule has 2 aromatic carbocycles. The van der Waals surface area contributed by atoms with Gasteiger partial charge in [-0.3, -0.25) is 4.79 Å². The van der Waals surface area contributed by atoms with E-state index in [2.05, 4.69) is 15.0 Å². The number of nitrogens with one attached hydrogen (secondary N) is 1. The summed E-state index contributed by atoms with van der Waals surface area (Å²) in [4.78, 5) is 28.1. The molecule has 0 saturated heterocycles. The van der Waals surface area contributed by atoms with Gasteiger partial charge in [-0.05, 0) is 62.4 Å². The predicted octanol–water partition coefficient (Wildman–Crippen LogP) is 3.53. The molecule has 0 aliphatic carbocycles. The lowest BCUT2D eigenvalue weighted by atomic mass is 10.1. The topological polar surface area (TPSA) is 73.2 Å². The van der Waals surface area contributed by atoms with E-state index in [9.17, 15) is 9.59 Å². The lowest BCUT2D eigenvalue weighted by Crippen LogP contribution is -2.12. The second kappa shape index (κ2) is 7.23. The zero-order valence-corrected chi connectivity index (χ0v) is 14.8. The minimum atomic E-state index is -0.433. The zero-order chi connectivity index (χ0) is 18.7. The van der Waals surface area contributed by atoms with Crippen molar-refractivity contribution in [1.82, 2.24) is 9.55 Å². The van der Waals surface area contributed by atoms with Crippen LogP contribution in [0.5, 0.6) is 0 Å². The Kier molecular flexibility index (Phi) is 4.84. The van der Waals surface area contributed by atoms with Gasteiger partial charge in [0.05, 0.1) is 24.7 Å². The van der Waals surface area contributed by atoms with Gasteiger partial charge in [0.1, 0.15) is 0 Å². The van der Waals surface area contributed by atoms with Crippen LogP contribution in [0, 0.1) is 13.8 Å². The predicted molar refractivity (Wildman–Crippen MR) is 98.8 cm³/mol. The number of aryl methyl sites for hydroxylation is 1. The lowest BCUT2D eigenvalue weighted by Gasteiger charge is -2.09. The Labute approximate surface area is 151 Å². The first-order chi connectivity index (χ1) is 12.5. The van der Waals surface area contributed by atoms with Gasteiger partial charge in [-0.1, -0.05) is 0 Å². The summed E-state index contributed by atoms with van der Waals surface area (Å²) in [7, 11) is 1.32. The van der Waals surface area contributed by atoms with Crippen molar-refractivity contribution in [2.75, 3.05) is 12.4 Å². The molecule has 6 heteroatoms. The van der Waals surface area contributed by atoms with Gasteiger partial charge in [0.25, 0.3) is 5.91 Å². The van der Waals surface area contributed by atoms with Crippen molar-refractivity contribution in [2.24, 2.45) is 0 Å². The molecule has 3 aromatic rings. The highest BCUT2D eigenvalue weighted by atomic mass is 16.5. The van der Waals surface area contributed by atoms with Crippen molar-refractivity contribution in [3.8, 4) is 5.69 Å². The first-order valence-electron chi connectivity index (χ1n) is 8.10. The summed E-state index contributed by atoms with van der Waals surface area (Å²) in [6.07, 6.45) is 1.78. The summed E-state index contributed by atoms with van der Waals surface area (Å²) in [6.45, 7) is 3.97. The highest BCUT2D eigenvalue weighted by Gasteiger charge is 2.10. The third-order valence-corrected chi connectivity index (χ3v) is 4.22. The average Bonchev–Trinajstić information content (AvgIpc) is 3.00. The van der Waals surface area contributed by atoms with Gasteiger partial charge in [-0.15, -0.1) is 0 Å². The van der Waals surface area contributed by atoms with E-state index in [1.807, 2.05) is 42.7 Å². The smallest absolute Gasteiger partial charge is 0.337 e. The van der Waals surface area contributed by atoms with E-state index in [1.165, 1.54) is 7.11 Å². The molecule has 0 spiro atoms. The Morgan fingerprint density at radius 2 is 1.58 bits per heavy atom. The Morgan fingerprint density at radius 1 is 0.962 bits per heavy atom. The van der Waals surface area contributed by atoms with Gasteiger partial charge in [0.2, 0.25) is 0 Å². The molecule has 1 aromatic heterocycles. The van der Waals surface area contributed by atoms with Gasteiger partial charge in [-0.25, -0.2) is 9.78 Å². The summed E-state index contributed by atoms with van der Waals surface area (Å²) >= 11 is 0. The number of esters is 1. The van der Waals surface area contributed by atoms with E-state index in [0.29, 0.717) is 16.8 Å². The van der Waals surface area contributed by atoms with Crippen molar-refractivity contribution < 1.29 is 14.3 Å². The highest BCUT2D eigenvalue weighted by molar-refractivity contribution is 6.04. The number of methoxy groups -OCH3 is 1. The molecule has 3 rings (SSSR count). The fourth-order valence-electron chi connectivity index (χ4n) is 2.54. The maximum Gasteiger partial charge on any atom is 0.337 e. The molecule has 132 valence electrons. The second-order valence-electron chi connectivity index (χ2n) is 5.86.